The van der Waals surface area contributed by atoms with Gasteiger partial charge in [-0.2, -0.15) is 5.10 Å². The molecule has 0 amide bonds. The highest BCUT2D eigenvalue weighted by Gasteiger charge is 2.33. The van der Waals surface area contributed by atoms with Crippen LogP contribution >= 0.6 is 27.3 Å². The van der Waals surface area contributed by atoms with Crippen LogP contribution in [0.2, 0.25) is 0 Å². The summed E-state index contributed by atoms with van der Waals surface area (Å²) < 4.78 is 4.77. The van der Waals surface area contributed by atoms with E-state index >= 15 is 0 Å². The van der Waals surface area contributed by atoms with Crippen molar-refractivity contribution in [2.24, 2.45) is 11.3 Å². The molecule has 5 rings (SSSR count). The van der Waals surface area contributed by atoms with E-state index in [0.29, 0.717) is 5.41 Å². The zero-order valence-electron chi connectivity index (χ0n) is 17.9. The smallest absolute Gasteiger partial charge is 0.167 e. The molecule has 30 heavy (non-hydrogen) atoms. The Morgan fingerprint density at radius 2 is 2.20 bits per heavy atom. The topological polar surface area (TPSA) is 60.9 Å². The summed E-state index contributed by atoms with van der Waals surface area (Å²) in [5, 5.41) is 10.3. The van der Waals surface area contributed by atoms with E-state index in [1.165, 1.54) is 28.7 Å². The first-order chi connectivity index (χ1) is 14.4. The summed E-state index contributed by atoms with van der Waals surface area (Å²) in [6.45, 7) is 10.0. The van der Waals surface area contributed by atoms with Crippen LogP contribution in [-0.2, 0) is 19.4 Å². The van der Waals surface area contributed by atoms with Gasteiger partial charge in [-0.25, -0.2) is 14.5 Å². The molecule has 0 spiro atoms. The Balaban J connectivity index is 1.51. The van der Waals surface area contributed by atoms with Crippen LogP contribution in [0, 0.1) is 11.3 Å². The predicted octanol–water partition coefficient (Wildman–Crippen LogP) is 5.64. The molecule has 0 aliphatic heterocycles. The van der Waals surface area contributed by atoms with Crippen molar-refractivity contribution in [2.75, 3.05) is 0 Å². The van der Waals surface area contributed by atoms with E-state index in [-0.39, 0.29) is 5.92 Å². The van der Waals surface area contributed by atoms with Crippen LogP contribution in [0.1, 0.15) is 62.7 Å². The monoisotopic (exact) mass is 486 g/mol. The van der Waals surface area contributed by atoms with E-state index in [1.807, 2.05) is 39.3 Å². The molecule has 2 unspecified atom stereocenters. The standard InChI is InChI=1S/C22H27BrN6S/c1-5-22(3,4)14-6-7-16-17(8-14)30-21-18(16)20-26-19(27-29(20)12-24-21)13(2)10-28-11-15(23)9-25-28/h9,11-14H,5-8,10H2,1-4H3. The van der Waals surface area contributed by atoms with Gasteiger partial charge in [0.1, 0.15) is 11.2 Å². The number of nitrogens with zero attached hydrogens (tertiary/aromatic N) is 6. The Hall–Kier alpha value is -1.80. The maximum Gasteiger partial charge on any atom is 0.167 e. The van der Waals surface area contributed by atoms with Crippen molar-refractivity contribution in [3.63, 3.8) is 0 Å². The highest BCUT2D eigenvalue weighted by Crippen LogP contribution is 2.44. The van der Waals surface area contributed by atoms with Crippen molar-refractivity contribution < 1.29 is 0 Å². The van der Waals surface area contributed by atoms with Crippen molar-refractivity contribution in [3.05, 3.63) is 39.5 Å². The van der Waals surface area contributed by atoms with Gasteiger partial charge in [0.15, 0.2) is 11.5 Å². The summed E-state index contributed by atoms with van der Waals surface area (Å²) in [5.41, 5.74) is 2.79. The van der Waals surface area contributed by atoms with Gasteiger partial charge in [0.05, 0.1) is 22.6 Å². The summed E-state index contributed by atoms with van der Waals surface area (Å²) in [6.07, 6.45) is 10.3. The molecule has 0 fully saturated rings. The van der Waals surface area contributed by atoms with Crippen molar-refractivity contribution >= 4 is 43.1 Å². The Morgan fingerprint density at radius 1 is 1.37 bits per heavy atom. The molecule has 2 atom stereocenters. The third kappa shape index (κ3) is 3.38. The minimum absolute atomic E-state index is 0.163. The van der Waals surface area contributed by atoms with Crippen LogP contribution in [0.3, 0.4) is 0 Å². The number of halogens is 1. The lowest BCUT2D eigenvalue weighted by Gasteiger charge is -2.36. The lowest BCUT2D eigenvalue weighted by molar-refractivity contribution is 0.184. The van der Waals surface area contributed by atoms with Gasteiger partial charge in [0.2, 0.25) is 0 Å². The average molecular weight is 487 g/mol. The van der Waals surface area contributed by atoms with Gasteiger partial charge in [-0.3, -0.25) is 4.68 Å². The molecule has 1 aliphatic carbocycles. The van der Waals surface area contributed by atoms with E-state index in [1.54, 1.807) is 0 Å². The molecule has 6 nitrogen and oxygen atoms in total. The van der Waals surface area contributed by atoms with Crippen LogP contribution in [-0.4, -0.2) is 29.4 Å². The molecular weight excluding hydrogens is 460 g/mol. The molecule has 4 heterocycles. The molecule has 0 radical (unpaired) electrons. The first-order valence-electron chi connectivity index (χ1n) is 10.7. The highest BCUT2D eigenvalue weighted by molar-refractivity contribution is 9.10. The number of hydrogen-bond donors (Lipinski definition) is 0. The molecule has 0 bridgehead atoms. The minimum Gasteiger partial charge on any atom is -0.271 e. The molecule has 0 saturated heterocycles. The number of thiophene rings is 1. The fourth-order valence-electron chi connectivity index (χ4n) is 4.56. The van der Waals surface area contributed by atoms with Gasteiger partial charge in [-0.15, -0.1) is 16.4 Å². The number of aromatic nitrogens is 6. The molecule has 0 aromatic carbocycles. The quantitative estimate of drug-likeness (QED) is 0.365. The fraction of sp³-hybridized carbons (Fsp3) is 0.545. The van der Waals surface area contributed by atoms with Crippen molar-refractivity contribution in [3.8, 4) is 0 Å². The van der Waals surface area contributed by atoms with Gasteiger partial charge in [0, 0.05) is 17.0 Å². The van der Waals surface area contributed by atoms with Gasteiger partial charge in [-0.05, 0) is 52.1 Å². The summed E-state index contributed by atoms with van der Waals surface area (Å²) in [4.78, 5) is 12.3. The third-order valence-corrected chi connectivity index (χ3v) is 8.49. The fourth-order valence-corrected chi connectivity index (χ4v) is 6.15. The van der Waals surface area contributed by atoms with E-state index in [4.69, 9.17) is 15.1 Å². The first-order valence-corrected chi connectivity index (χ1v) is 12.3. The normalized spacial score (nSPS) is 18.2. The van der Waals surface area contributed by atoms with Crippen LogP contribution in [0.4, 0.5) is 0 Å². The Labute approximate surface area is 188 Å². The van der Waals surface area contributed by atoms with Crippen LogP contribution in [0.25, 0.3) is 15.9 Å². The minimum atomic E-state index is 0.163. The molecule has 8 heteroatoms. The number of fused-ring (bicyclic) bond motifs is 5. The SMILES string of the molecule is CCC(C)(C)C1CCc2c(sc3ncn4nc(C(C)Cn5cc(Br)cn5)nc4c23)C1. The second-order valence-electron chi connectivity index (χ2n) is 9.23. The zero-order chi connectivity index (χ0) is 21.0. The summed E-state index contributed by atoms with van der Waals surface area (Å²) in [5.74, 6) is 1.74. The second-order valence-corrected chi connectivity index (χ2v) is 11.2. The van der Waals surface area contributed by atoms with E-state index < -0.39 is 0 Å². The van der Waals surface area contributed by atoms with Crippen LogP contribution in [0.5, 0.6) is 0 Å². The van der Waals surface area contributed by atoms with Crippen LogP contribution in [0.15, 0.2) is 23.2 Å². The van der Waals surface area contributed by atoms with Gasteiger partial charge < -0.3 is 0 Å². The Bertz CT molecular complexity index is 1220. The molecule has 158 valence electrons. The molecule has 4 aromatic rings. The predicted molar refractivity (Wildman–Crippen MR) is 124 cm³/mol. The summed E-state index contributed by atoms with van der Waals surface area (Å²) in [7, 11) is 0. The van der Waals surface area contributed by atoms with Crippen molar-refractivity contribution in [1.29, 1.82) is 0 Å². The number of aryl methyl sites for hydroxylation is 1. The summed E-state index contributed by atoms with van der Waals surface area (Å²) >= 11 is 5.32. The first kappa shape index (κ1) is 20.1. The van der Waals surface area contributed by atoms with Crippen LogP contribution < -0.4 is 0 Å². The molecule has 1 aliphatic rings. The Kier molecular flexibility index (Phi) is 4.97. The number of rotatable bonds is 5. The van der Waals surface area contributed by atoms with Gasteiger partial charge >= 0.3 is 0 Å². The average Bonchev–Trinajstić information content (AvgIpc) is 3.42. The maximum atomic E-state index is 4.97. The van der Waals surface area contributed by atoms with E-state index in [0.717, 1.165) is 46.1 Å². The third-order valence-electron chi connectivity index (χ3n) is 6.92. The zero-order valence-corrected chi connectivity index (χ0v) is 20.3. The van der Waals surface area contributed by atoms with Crippen molar-refractivity contribution in [1.82, 2.24) is 29.4 Å². The lowest BCUT2D eigenvalue weighted by atomic mass is 9.70. The highest BCUT2D eigenvalue weighted by atomic mass is 79.9. The molecule has 0 saturated carbocycles. The van der Waals surface area contributed by atoms with Gasteiger partial charge in [0.25, 0.3) is 0 Å². The van der Waals surface area contributed by atoms with Gasteiger partial charge in [-0.1, -0.05) is 34.1 Å². The Morgan fingerprint density at radius 3 is 2.93 bits per heavy atom. The molecular formula is C22H27BrN6S. The second kappa shape index (κ2) is 7.41. The molecule has 4 aromatic heterocycles. The largest absolute Gasteiger partial charge is 0.271 e. The molecule has 0 N–H and O–H groups in total. The van der Waals surface area contributed by atoms with E-state index in [2.05, 4.69) is 48.7 Å². The van der Waals surface area contributed by atoms with Crippen molar-refractivity contribution in [2.45, 2.75) is 65.8 Å². The maximum absolute atomic E-state index is 4.97. The van der Waals surface area contributed by atoms with E-state index in [9.17, 15) is 0 Å². The summed E-state index contributed by atoms with van der Waals surface area (Å²) in [6, 6.07) is 0. The lowest BCUT2D eigenvalue weighted by Crippen LogP contribution is -2.28. The number of hydrogen-bond acceptors (Lipinski definition) is 5.